The first-order valence-corrected chi connectivity index (χ1v) is 4.32. The maximum atomic E-state index is 11.0. The number of allylic oxidation sites excluding steroid dienone is 1. The molecule has 0 spiro atoms. The van der Waals surface area contributed by atoms with E-state index >= 15 is 0 Å². The van der Waals surface area contributed by atoms with E-state index in [0.29, 0.717) is 6.42 Å². The third-order valence-electron chi connectivity index (χ3n) is 1.52. The van der Waals surface area contributed by atoms with Crippen LogP contribution in [0.5, 0.6) is 0 Å². The Balaban J connectivity index is 3.30. The molecule has 0 aromatic heterocycles. The van der Waals surface area contributed by atoms with Gasteiger partial charge in [-0.15, -0.1) is 6.58 Å². The first kappa shape index (κ1) is 11.7. The number of rotatable bonds is 7. The van der Waals surface area contributed by atoms with E-state index in [-0.39, 0.29) is 12.5 Å². The van der Waals surface area contributed by atoms with E-state index in [1.165, 1.54) is 0 Å². The molecule has 4 heteroatoms. The lowest BCUT2D eigenvalue weighted by atomic mass is 10.2. The fourth-order valence-corrected chi connectivity index (χ4v) is 0.848. The minimum absolute atomic E-state index is 0.0692. The Morgan fingerprint density at radius 3 is 2.62 bits per heavy atom. The number of carbonyl (C=O) groups is 2. The summed E-state index contributed by atoms with van der Waals surface area (Å²) in [4.78, 5) is 21.2. The Labute approximate surface area is 78.2 Å². The maximum absolute atomic E-state index is 11.0. The van der Waals surface area contributed by atoms with Crippen LogP contribution in [-0.4, -0.2) is 18.4 Å². The van der Waals surface area contributed by atoms with Gasteiger partial charge in [0.2, 0.25) is 11.8 Å². The summed E-state index contributed by atoms with van der Waals surface area (Å²) in [5, 5.41) is 2.42. The molecule has 0 aliphatic rings. The highest BCUT2D eigenvalue weighted by Crippen LogP contribution is 1.99. The van der Waals surface area contributed by atoms with Crippen molar-refractivity contribution in [3.8, 4) is 0 Å². The molecule has 0 heterocycles. The van der Waals surface area contributed by atoms with Crippen LogP contribution < -0.4 is 11.1 Å². The van der Waals surface area contributed by atoms with Crippen molar-refractivity contribution in [3.63, 3.8) is 0 Å². The molecule has 4 nitrogen and oxygen atoms in total. The number of carbonyl (C=O) groups excluding carboxylic acids is 2. The molecule has 0 aromatic rings. The van der Waals surface area contributed by atoms with Crippen LogP contribution >= 0.6 is 0 Å². The Morgan fingerprint density at radius 2 is 2.08 bits per heavy atom. The molecule has 0 rings (SSSR count). The van der Waals surface area contributed by atoms with Crippen molar-refractivity contribution in [3.05, 3.63) is 12.7 Å². The molecule has 0 aliphatic carbocycles. The molecule has 0 aromatic carbocycles. The van der Waals surface area contributed by atoms with Crippen LogP contribution in [0.3, 0.4) is 0 Å². The number of nitrogens with one attached hydrogen (secondary N) is 1. The van der Waals surface area contributed by atoms with Crippen LogP contribution in [0.1, 0.15) is 25.7 Å². The molecule has 0 saturated carbocycles. The smallest absolute Gasteiger partial charge is 0.236 e. The van der Waals surface area contributed by atoms with Crippen molar-refractivity contribution in [1.82, 2.24) is 5.32 Å². The summed E-state index contributed by atoms with van der Waals surface area (Å²) in [6.45, 7) is 3.51. The van der Waals surface area contributed by atoms with Gasteiger partial charge in [0.15, 0.2) is 0 Å². The van der Waals surface area contributed by atoms with Crippen LogP contribution in [0.15, 0.2) is 12.7 Å². The molecule has 74 valence electrons. The van der Waals surface area contributed by atoms with Crippen LogP contribution in [0, 0.1) is 0 Å². The number of amides is 2. The molecule has 0 aliphatic heterocycles. The Kier molecular flexibility index (Phi) is 6.59. The van der Waals surface area contributed by atoms with E-state index in [0.717, 1.165) is 19.3 Å². The van der Waals surface area contributed by atoms with Gasteiger partial charge in [0.1, 0.15) is 0 Å². The van der Waals surface area contributed by atoms with Crippen molar-refractivity contribution >= 4 is 11.8 Å². The SMILES string of the molecule is C=CCCCCC(=O)NCC(N)=O. The second kappa shape index (κ2) is 7.34. The summed E-state index contributed by atoms with van der Waals surface area (Å²) in [5.74, 6) is -0.637. The van der Waals surface area contributed by atoms with Gasteiger partial charge in [-0.05, 0) is 19.3 Å². The molecule has 0 radical (unpaired) electrons. The lowest BCUT2D eigenvalue weighted by Crippen LogP contribution is -2.33. The minimum Gasteiger partial charge on any atom is -0.368 e. The summed E-state index contributed by atoms with van der Waals surface area (Å²) >= 11 is 0. The molecular weight excluding hydrogens is 168 g/mol. The van der Waals surface area contributed by atoms with Crippen molar-refractivity contribution < 1.29 is 9.59 Å². The summed E-state index contributed by atoms with van der Waals surface area (Å²) in [5.41, 5.74) is 4.85. The lowest BCUT2D eigenvalue weighted by molar-refractivity contribution is -0.124. The van der Waals surface area contributed by atoms with Gasteiger partial charge in [0, 0.05) is 6.42 Å². The van der Waals surface area contributed by atoms with Crippen LogP contribution in [0.2, 0.25) is 0 Å². The third kappa shape index (κ3) is 8.59. The van der Waals surface area contributed by atoms with Gasteiger partial charge >= 0.3 is 0 Å². The molecule has 2 amide bonds. The molecule has 0 saturated heterocycles. The highest BCUT2D eigenvalue weighted by Gasteiger charge is 2.01. The molecule has 13 heavy (non-hydrogen) atoms. The predicted molar refractivity (Wildman–Crippen MR) is 50.9 cm³/mol. The van der Waals surface area contributed by atoms with Gasteiger partial charge in [-0.1, -0.05) is 6.08 Å². The molecule has 0 unspecified atom stereocenters. The average molecular weight is 184 g/mol. The summed E-state index contributed by atoms with van der Waals surface area (Å²) in [6.07, 6.45) is 4.95. The zero-order chi connectivity index (χ0) is 10.1. The van der Waals surface area contributed by atoms with E-state index in [1.807, 2.05) is 6.08 Å². The quantitative estimate of drug-likeness (QED) is 0.442. The Hall–Kier alpha value is -1.32. The number of primary amides is 1. The van der Waals surface area contributed by atoms with E-state index < -0.39 is 5.91 Å². The average Bonchev–Trinajstić information content (AvgIpc) is 2.09. The minimum atomic E-state index is -0.514. The molecule has 0 bridgehead atoms. The topological polar surface area (TPSA) is 72.2 Å². The van der Waals surface area contributed by atoms with E-state index in [2.05, 4.69) is 11.9 Å². The van der Waals surface area contributed by atoms with Gasteiger partial charge < -0.3 is 11.1 Å². The van der Waals surface area contributed by atoms with Gasteiger partial charge in [-0.25, -0.2) is 0 Å². The van der Waals surface area contributed by atoms with Gasteiger partial charge in [0.25, 0.3) is 0 Å². The van der Waals surface area contributed by atoms with Crippen LogP contribution in [0.4, 0.5) is 0 Å². The Bertz CT molecular complexity index is 190. The molecule has 0 fully saturated rings. The second-order valence-corrected chi connectivity index (χ2v) is 2.78. The Morgan fingerprint density at radius 1 is 1.38 bits per heavy atom. The summed E-state index contributed by atoms with van der Waals surface area (Å²) in [6, 6.07) is 0. The van der Waals surface area contributed by atoms with Crippen molar-refractivity contribution in [2.45, 2.75) is 25.7 Å². The largest absolute Gasteiger partial charge is 0.368 e. The predicted octanol–water partition coefficient (Wildman–Crippen LogP) is 0.334. The molecule has 3 N–H and O–H groups in total. The van der Waals surface area contributed by atoms with E-state index in [4.69, 9.17) is 5.73 Å². The summed E-state index contributed by atoms with van der Waals surface area (Å²) in [7, 11) is 0. The summed E-state index contributed by atoms with van der Waals surface area (Å²) < 4.78 is 0. The number of unbranched alkanes of at least 4 members (excludes halogenated alkanes) is 2. The van der Waals surface area contributed by atoms with Crippen molar-refractivity contribution in [2.75, 3.05) is 6.54 Å². The highest BCUT2D eigenvalue weighted by molar-refractivity contribution is 5.83. The fraction of sp³-hybridized carbons (Fsp3) is 0.556. The fourth-order valence-electron chi connectivity index (χ4n) is 0.848. The van der Waals surface area contributed by atoms with Gasteiger partial charge in [-0.3, -0.25) is 9.59 Å². The lowest BCUT2D eigenvalue weighted by Gasteiger charge is -2.01. The zero-order valence-corrected chi connectivity index (χ0v) is 7.71. The van der Waals surface area contributed by atoms with Crippen LogP contribution in [-0.2, 0) is 9.59 Å². The van der Waals surface area contributed by atoms with Gasteiger partial charge in [-0.2, -0.15) is 0 Å². The molecule has 0 atom stereocenters. The second-order valence-electron chi connectivity index (χ2n) is 2.78. The number of hydrogen-bond acceptors (Lipinski definition) is 2. The van der Waals surface area contributed by atoms with Crippen LogP contribution in [0.25, 0.3) is 0 Å². The first-order chi connectivity index (χ1) is 6.16. The van der Waals surface area contributed by atoms with Crippen molar-refractivity contribution in [2.24, 2.45) is 5.73 Å². The number of nitrogens with two attached hydrogens (primary N) is 1. The highest BCUT2D eigenvalue weighted by atomic mass is 16.2. The van der Waals surface area contributed by atoms with E-state index in [1.54, 1.807) is 0 Å². The third-order valence-corrected chi connectivity index (χ3v) is 1.52. The van der Waals surface area contributed by atoms with E-state index in [9.17, 15) is 9.59 Å². The zero-order valence-electron chi connectivity index (χ0n) is 7.71. The normalized spacial score (nSPS) is 9.23. The first-order valence-electron chi connectivity index (χ1n) is 4.32. The molecular formula is C9H16N2O2. The van der Waals surface area contributed by atoms with Crippen molar-refractivity contribution in [1.29, 1.82) is 0 Å². The standard InChI is InChI=1S/C9H16N2O2/c1-2-3-4-5-6-9(13)11-7-8(10)12/h2H,1,3-7H2,(H2,10,12)(H,11,13). The van der Waals surface area contributed by atoms with Gasteiger partial charge in [0.05, 0.1) is 6.54 Å². The maximum Gasteiger partial charge on any atom is 0.236 e. The number of hydrogen-bond donors (Lipinski definition) is 2. The monoisotopic (exact) mass is 184 g/mol.